The summed E-state index contributed by atoms with van der Waals surface area (Å²) in [5.74, 6) is 0.00808. The summed E-state index contributed by atoms with van der Waals surface area (Å²) in [4.78, 5) is 35.5. The van der Waals surface area contributed by atoms with Gasteiger partial charge in [0.15, 0.2) is 6.61 Å². The van der Waals surface area contributed by atoms with Gasteiger partial charge in [-0.2, -0.15) is 0 Å². The van der Waals surface area contributed by atoms with Gasteiger partial charge in [0, 0.05) is 5.69 Å². The van der Waals surface area contributed by atoms with Crippen molar-refractivity contribution in [2.75, 3.05) is 11.9 Å². The van der Waals surface area contributed by atoms with Crippen LogP contribution >= 0.6 is 0 Å². The first kappa shape index (κ1) is 18.4. The molecular weight excluding hydrogens is 346 g/mol. The zero-order valence-electron chi connectivity index (χ0n) is 15.4. The highest BCUT2D eigenvalue weighted by molar-refractivity contribution is 6.07. The number of hydrogen-bond donors (Lipinski definition) is 3. The molecule has 1 aliphatic rings. The summed E-state index contributed by atoms with van der Waals surface area (Å²) >= 11 is 0. The maximum Gasteiger partial charge on any atom is 0.322 e. The van der Waals surface area contributed by atoms with Crippen LogP contribution in [0.15, 0.2) is 42.5 Å². The standard InChI is InChI=1S/C20H21N3O4/c1-12-5-4-6-13(2)17(12)27-11-16(24)21-15-9-7-14(8-10-15)20(3)18(25)22-19(26)23-20/h4-10H,11H2,1-3H3,(H,21,24)(H2,22,23,25,26)/t20-/m1/s1. The molecule has 7 nitrogen and oxygen atoms in total. The number of hydrogen-bond acceptors (Lipinski definition) is 4. The highest BCUT2D eigenvalue weighted by Gasteiger charge is 2.43. The average Bonchev–Trinajstić information content (AvgIpc) is 2.88. The molecule has 0 unspecified atom stereocenters. The van der Waals surface area contributed by atoms with Crippen molar-refractivity contribution in [3.8, 4) is 5.75 Å². The van der Waals surface area contributed by atoms with Crippen LogP contribution in [0.4, 0.5) is 10.5 Å². The van der Waals surface area contributed by atoms with E-state index in [1.807, 2.05) is 32.0 Å². The van der Waals surface area contributed by atoms with Crippen molar-refractivity contribution in [1.29, 1.82) is 0 Å². The van der Waals surface area contributed by atoms with Gasteiger partial charge in [-0.25, -0.2) is 4.79 Å². The number of carbonyl (C=O) groups is 3. The number of imide groups is 1. The second-order valence-corrected chi connectivity index (χ2v) is 6.67. The molecule has 1 saturated heterocycles. The summed E-state index contributed by atoms with van der Waals surface area (Å²) in [6.07, 6.45) is 0. The minimum Gasteiger partial charge on any atom is -0.483 e. The van der Waals surface area contributed by atoms with Crippen molar-refractivity contribution in [3.05, 3.63) is 59.2 Å². The van der Waals surface area contributed by atoms with Crippen LogP contribution in [0.1, 0.15) is 23.6 Å². The van der Waals surface area contributed by atoms with E-state index in [-0.39, 0.29) is 12.5 Å². The number of benzene rings is 2. The summed E-state index contributed by atoms with van der Waals surface area (Å²) < 4.78 is 5.64. The third kappa shape index (κ3) is 3.76. The van der Waals surface area contributed by atoms with Crippen molar-refractivity contribution in [3.63, 3.8) is 0 Å². The number of urea groups is 1. The highest BCUT2D eigenvalue weighted by atomic mass is 16.5. The van der Waals surface area contributed by atoms with Gasteiger partial charge in [-0.15, -0.1) is 0 Å². The molecule has 3 rings (SSSR count). The molecule has 4 amide bonds. The fourth-order valence-electron chi connectivity index (χ4n) is 2.99. The monoisotopic (exact) mass is 367 g/mol. The topological polar surface area (TPSA) is 96.5 Å². The third-order valence-corrected chi connectivity index (χ3v) is 4.55. The zero-order valence-corrected chi connectivity index (χ0v) is 15.4. The second kappa shape index (κ2) is 7.11. The molecule has 0 aromatic heterocycles. The zero-order chi connectivity index (χ0) is 19.6. The Labute approximate surface area is 157 Å². The van der Waals surface area contributed by atoms with Crippen LogP contribution in [0.5, 0.6) is 5.75 Å². The first-order valence-electron chi connectivity index (χ1n) is 8.52. The van der Waals surface area contributed by atoms with Gasteiger partial charge < -0.3 is 15.4 Å². The number of rotatable bonds is 5. The van der Waals surface area contributed by atoms with E-state index in [0.29, 0.717) is 17.0 Å². The SMILES string of the molecule is Cc1cccc(C)c1OCC(=O)Nc1ccc([C@@]2(C)NC(=O)NC2=O)cc1. The van der Waals surface area contributed by atoms with E-state index in [4.69, 9.17) is 4.74 Å². The normalized spacial score (nSPS) is 18.6. The first-order chi connectivity index (χ1) is 12.8. The maximum atomic E-state index is 12.2. The number of ether oxygens (including phenoxy) is 1. The van der Waals surface area contributed by atoms with Gasteiger partial charge in [0.1, 0.15) is 11.3 Å². The molecule has 1 fully saturated rings. The van der Waals surface area contributed by atoms with Gasteiger partial charge >= 0.3 is 6.03 Å². The number of amides is 4. The molecule has 0 radical (unpaired) electrons. The van der Waals surface area contributed by atoms with Crippen molar-refractivity contribution in [1.82, 2.24) is 10.6 Å². The maximum absolute atomic E-state index is 12.2. The summed E-state index contributed by atoms with van der Waals surface area (Å²) in [6.45, 7) is 5.37. The Morgan fingerprint density at radius 2 is 1.70 bits per heavy atom. The molecule has 27 heavy (non-hydrogen) atoms. The molecule has 2 aromatic rings. The van der Waals surface area contributed by atoms with Crippen LogP contribution in [0.25, 0.3) is 0 Å². The molecule has 1 heterocycles. The van der Waals surface area contributed by atoms with Crippen LogP contribution in [-0.4, -0.2) is 24.5 Å². The van der Waals surface area contributed by atoms with E-state index >= 15 is 0 Å². The van der Waals surface area contributed by atoms with Crippen LogP contribution in [0.2, 0.25) is 0 Å². The van der Waals surface area contributed by atoms with Crippen LogP contribution < -0.4 is 20.7 Å². The van der Waals surface area contributed by atoms with Crippen LogP contribution in [-0.2, 0) is 15.1 Å². The largest absolute Gasteiger partial charge is 0.483 e. The van der Waals surface area contributed by atoms with Gasteiger partial charge in [-0.05, 0) is 49.6 Å². The van der Waals surface area contributed by atoms with E-state index < -0.39 is 17.5 Å². The minimum absolute atomic E-state index is 0.108. The Morgan fingerprint density at radius 1 is 1.07 bits per heavy atom. The van der Waals surface area contributed by atoms with Crippen molar-refractivity contribution >= 4 is 23.5 Å². The van der Waals surface area contributed by atoms with Crippen molar-refractivity contribution in [2.24, 2.45) is 0 Å². The Morgan fingerprint density at radius 3 is 2.26 bits per heavy atom. The van der Waals surface area contributed by atoms with Gasteiger partial charge in [-0.3, -0.25) is 14.9 Å². The van der Waals surface area contributed by atoms with Crippen molar-refractivity contribution in [2.45, 2.75) is 26.3 Å². The average molecular weight is 367 g/mol. The van der Waals surface area contributed by atoms with E-state index in [1.54, 1.807) is 31.2 Å². The van der Waals surface area contributed by atoms with Gasteiger partial charge in [-0.1, -0.05) is 30.3 Å². The van der Waals surface area contributed by atoms with E-state index in [2.05, 4.69) is 16.0 Å². The molecular formula is C20H21N3O4. The van der Waals surface area contributed by atoms with Gasteiger partial charge in [0.2, 0.25) is 0 Å². The Bertz CT molecular complexity index is 888. The Balaban J connectivity index is 1.62. The summed E-state index contributed by atoms with van der Waals surface area (Å²) in [5, 5.41) is 7.57. The van der Waals surface area contributed by atoms with Crippen molar-refractivity contribution < 1.29 is 19.1 Å². The fraction of sp³-hybridized carbons (Fsp3) is 0.250. The molecule has 0 spiro atoms. The Hall–Kier alpha value is -3.35. The van der Waals surface area contributed by atoms with E-state index in [9.17, 15) is 14.4 Å². The molecule has 0 bridgehead atoms. The predicted octanol–water partition coefficient (Wildman–Crippen LogP) is 2.38. The smallest absolute Gasteiger partial charge is 0.322 e. The third-order valence-electron chi connectivity index (χ3n) is 4.55. The predicted molar refractivity (Wildman–Crippen MR) is 101 cm³/mol. The molecule has 7 heteroatoms. The van der Waals surface area contributed by atoms with E-state index in [1.165, 1.54) is 0 Å². The summed E-state index contributed by atoms with van der Waals surface area (Å²) in [7, 11) is 0. The quantitative estimate of drug-likeness (QED) is 0.707. The Kier molecular flexibility index (Phi) is 4.85. The first-order valence-corrected chi connectivity index (χ1v) is 8.52. The van der Waals surface area contributed by atoms with Gasteiger partial charge in [0.25, 0.3) is 11.8 Å². The summed E-state index contributed by atoms with van der Waals surface area (Å²) in [6, 6.07) is 12.0. The lowest BCUT2D eigenvalue weighted by atomic mass is 9.92. The molecule has 0 aliphatic carbocycles. The molecule has 2 aromatic carbocycles. The lowest BCUT2D eigenvalue weighted by Gasteiger charge is -2.21. The van der Waals surface area contributed by atoms with E-state index in [0.717, 1.165) is 11.1 Å². The molecule has 1 aliphatic heterocycles. The van der Waals surface area contributed by atoms with Crippen LogP contribution in [0, 0.1) is 13.8 Å². The highest BCUT2D eigenvalue weighted by Crippen LogP contribution is 2.26. The summed E-state index contributed by atoms with van der Waals surface area (Å²) in [5.41, 5.74) is 2.01. The number of carbonyl (C=O) groups excluding carboxylic acids is 3. The number of nitrogens with one attached hydrogen (secondary N) is 3. The number of anilines is 1. The lowest BCUT2D eigenvalue weighted by molar-refractivity contribution is -0.123. The minimum atomic E-state index is -1.12. The lowest BCUT2D eigenvalue weighted by Crippen LogP contribution is -2.40. The number of aryl methyl sites for hydroxylation is 2. The molecule has 140 valence electrons. The fourth-order valence-corrected chi connectivity index (χ4v) is 2.99. The molecule has 0 saturated carbocycles. The number of para-hydroxylation sites is 1. The van der Waals surface area contributed by atoms with Crippen LogP contribution in [0.3, 0.4) is 0 Å². The second-order valence-electron chi connectivity index (χ2n) is 6.67. The molecule has 1 atom stereocenters. The van der Waals surface area contributed by atoms with Gasteiger partial charge in [0.05, 0.1) is 0 Å². The molecule has 3 N–H and O–H groups in total.